The molecule has 104 valence electrons. The third-order valence-corrected chi connectivity index (χ3v) is 6.21. The van der Waals surface area contributed by atoms with Gasteiger partial charge in [-0.3, -0.25) is 0 Å². The zero-order valence-corrected chi connectivity index (χ0v) is 12.3. The average Bonchev–Trinajstić information content (AvgIpc) is 2.97. The molecular formula is C16H29NO. The highest BCUT2D eigenvalue weighted by Gasteiger charge is 2.59. The second kappa shape index (κ2) is 4.49. The predicted octanol–water partition coefficient (Wildman–Crippen LogP) is 3.36. The Kier molecular flexibility index (Phi) is 3.22. The maximum Gasteiger partial charge on any atom is 0.0685 e. The van der Waals surface area contributed by atoms with Crippen LogP contribution < -0.4 is 5.32 Å². The van der Waals surface area contributed by atoms with E-state index in [1.807, 2.05) is 0 Å². The van der Waals surface area contributed by atoms with Crippen LogP contribution in [0.4, 0.5) is 0 Å². The lowest BCUT2D eigenvalue weighted by atomic mass is 9.57. The first-order valence-electron chi connectivity index (χ1n) is 7.94. The van der Waals surface area contributed by atoms with Crippen molar-refractivity contribution < 1.29 is 4.74 Å². The van der Waals surface area contributed by atoms with Gasteiger partial charge in [0.25, 0.3) is 0 Å². The van der Waals surface area contributed by atoms with E-state index in [1.165, 1.54) is 45.1 Å². The number of ether oxygens (including phenoxy) is 1. The van der Waals surface area contributed by atoms with Crippen molar-refractivity contribution in [1.82, 2.24) is 5.32 Å². The lowest BCUT2D eigenvalue weighted by Crippen LogP contribution is -2.66. The summed E-state index contributed by atoms with van der Waals surface area (Å²) < 4.78 is 5.88. The first-order chi connectivity index (χ1) is 8.59. The van der Waals surface area contributed by atoms with Gasteiger partial charge >= 0.3 is 0 Å². The summed E-state index contributed by atoms with van der Waals surface area (Å²) in [5, 5.41) is 3.93. The normalized spacial score (nSPS) is 40.5. The van der Waals surface area contributed by atoms with Crippen LogP contribution in [0.2, 0.25) is 0 Å². The summed E-state index contributed by atoms with van der Waals surface area (Å²) in [5.41, 5.74) is 0.954. The monoisotopic (exact) mass is 251 g/mol. The maximum atomic E-state index is 5.88. The van der Waals surface area contributed by atoms with Crippen molar-refractivity contribution in [3.05, 3.63) is 0 Å². The first kappa shape index (κ1) is 12.9. The molecule has 1 aliphatic heterocycles. The van der Waals surface area contributed by atoms with Gasteiger partial charge in [-0.25, -0.2) is 0 Å². The van der Waals surface area contributed by atoms with Crippen molar-refractivity contribution >= 4 is 0 Å². The second-order valence-corrected chi connectivity index (χ2v) is 7.48. The molecule has 1 heterocycles. The zero-order valence-electron chi connectivity index (χ0n) is 12.3. The Morgan fingerprint density at radius 1 is 1.22 bits per heavy atom. The molecule has 2 aliphatic carbocycles. The predicted molar refractivity (Wildman–Crippen MR) is 74.6 cm³/mol. The average molecular weight is 251 g/mol. The van der Waals surface area contributed by atoms with Gasteiger partial charge in [-0.2, -0.15) is 0 Å². The lowest BCUT2D eigenvalue weighted by Gasteiger charge is -2.55. The SMILES string of the molecule is CCC1(CNC2C3CCOC3C2(C)C)CCCC1. The van der Waals surface area contributed by atoms with E-state index in [1.54, 1.807) is 0 Å². The van der Waals surface area contributed by atoms with Crippen LogP contribution in [0.15, 0.2) is 0 Å². The summed E-state index contributed by atoms with van der Waals surface area (Å²) in [6, 6.07) is 0.689. The molecule has 0 aromatic heterocycles. The summed E-state index contributed by atoms with van der Waals surface area (Å²) in [5.74, 6) is 0.787. The van der Waals surface area contributed by atoms with Crippen LogP contribution in [-0.2, 0) is 4.74 Å². The van der Waals surface area contributed by atoms with Crippen LogP contribution in [0.25, 0.3) is 0 Å². The molecule has 3 unspecified atom stereocenters. The number of nitrogens with one attached hydrogen (secondary N) is 1. The topological polar surface area (TPSA) is 21.3 Å². The quantitative estimate of drug-likeness (QED) is 0.827. The van der Waals surface area contributed by atoms with E-state index in [0.29, 0.717) is 23.0 Å². The molecule has 3 fully saturated rings. The van der Waals surface area contributed by atoms with Gasteiger partial charge in [0.15, 0.2) is 0 Å². The van der Waals surface area contributed by atoms with Crippen molar-refractivity contribution in [3.8, 4) is 0 Å². The van der Waals surface area contributed by atoms with E-state index < -0.39 is 0 Å². The van der Waals surface area contributed by atoms with Crippen LogP contribution in [0, 0.1) is 16.7 Å². The van der Waals surface area contributed by atoms with Gasteiger partial charge in [0.2, 0.25) is 0 Å². The summed E-state index contributed by atoms with van der Waals surface area (Å²) in [6.07, 6.45) is 8.90. The summed E-state index contributed by atoms with van der Waals surface area (Å²) in [7, 11) is 0. The number of hydrogen-bond donors (Lipinski definition) is 1. The van der Waals surface area contributed by atoms with Crippen molar-refractivity contribution in [1.29, 1.82) is 0 Å². The van der Waals surface area contributed by atoms with E-state index in [9.17, 15) is 0 Å². The second-order valence-electron chi connectivity index (χ2n) is 7.48. The first-order valence-corrected chi connectivity index (χ1v) is 7.94. The molecule has 0 amide bonds. The molecule has 1 saturated heterocycles. The van der Waals surface area contributed by atoms with Crippen LogP contribution >= 0.6 is 0 Å². The minimum atomic E-state index is 0.342. The molecule has 0 radical (unpaired) electrons. The molecule has 2 nitrogen and oxygen atoms in total. The van der Waals surface area contributed by atoms with Crippen molar-refractivity contribution in [3.63, 3.8) is 0 Å². The zero-order chi connectivity index (χ0) is 12.8. The molecule has 3 rings (SSSR count). The summed E-state index contributed by atoms with van der Waals surface area (Å²) in [4.78, 5) is 0. The summed E-state index contributed by atoms with van der Waals surface area (Å²) in [6.45, 7) is 9.35. The number of hydrogen-bond acceptors (Lipinski definition) is 2. The molecular weight excluding hydrogens is 222 g/mol. The summed E-state index contributed by atoms with van der Waals surface area (Å²) >= 11 is 0. The van der Waals surface area contributed by atoms with Gasteiger partial charge in [-0.05, 0) is 31.1 Å². The van der Waals surface area contributed by atoms with E-state index in [-0.39, 0.29) is 0 Å². The highest BCUT2D eigenvalue weighted by Crippen LogP contribution is 2.52. The van der Waals surface area contributed by atoms with E-state index >= 15 is 0 Å². The van der Waals surface area contributed by atoms with Crippen LogP contribution in [0.5, 0.6) is 0 Å². The lowest BCUT2D eigenvalue weighted by molar-refractivity contribution is -0.114. The fourth-order valence-electron chi connectivity index (χ4n) is 4.85. The van der Waals surface area contributed by atoms with Crippen molar-refractivity contribution in [2.24, 2.45) is 16.7 Å². The third kappa shape index (κ3) is 1.84. The minimum Gasteiger partial charge on any atom is -0.377 e. The van der Waals surface area contributed by atoms with Gasteiger partial charge in [-0.1, -0.05) is 33.6 Å². The van der Waals surface area contributed by atoms with E-state index in [0.717, 1.165) is 12.5 Å². The van der Waals surface area contributed by atoms with Crippen LogP contribution in [0.1, 0.15) is 59.3 Å². The molecule has 2 heteroatoms. The molecule has 2 saturated carbocycles. The maximum absolute atomic E-state index is 5.88. The Balaban J connectivity index is 1.60. The number of fused-ring (bicyclic) bond motifs is 1. The highest BCUT2D eigenvalue weighted by molar-refractivity contribution is 5.11. The molecule has 3 atom stereocenters. The fourth-order valence-corrected chi connectivity index (χ4v) is 4.85. The largest absolute Gasteiger partial charge is 0.377 e. The van der Waals surface area contributed by atoms with E-state index in [2.05, 4.69) is 26.1 Å². The van der Waals surface area contributed by atoms with Gasteiger partial charge in [0.05, 0.1) is 6.10 Å². The molecule has 0 bridgehead atoms. The highest BCUT2D eigenvalue weighted by atomic mass is 16.5. The van der Waals surface area contributed by atoms with Crippen molar-refractivity contribution in [2.45, 2.75) is 71.4 Å². The van der Waals surface area contributed by atoms with Gasteiger partial charge < -0.3 is 10.1 Å². The van der Waals surface area contributed by atoms with E-state index in [4.69, 9.17) is 4.74 Å². The Bertz CT molecular complexity index is 306. The Morgan fingerprint density at radius 3 is 2.61 bits per heavy atom. The molecule has 3 aliphatic rings. The molecule has 0 aromatic carbocycles. The molecule has 0 aromatic rings. The Morgan fingerprint density at radius 2 is 1.94 bits per heavy atom. The van der Waals surface area contributed by atoms with Gasteiger partial charge in [0.1, 0.15) is 0 Å². The molecule has 0 spiro atoms. The smallest absolute Gasteiger partial charge is 0.0685 e. The standard InChI is InChI=1S/C16H29NO/c1-4-16(8-5-6-9-16)11-17-13-12-7-10-18-14(12)15(13,2)3/h12-14,17H,4-11H2,1-3H3. The Labute approximate surface area is 112 Å². The molecule has 1 N–H and O–H groups in total. The molecule has 18 heavy (non-hydrogen) atoms. The van der Waals surface area contributed by atoms with Crippen LogP contribution in [-0.4, -0.2) is 25.3 Å². The van der Waals surface area contributed by atoms with Gasteiger partial charge in [-0.15, -0.1) is 0 Å². The van der Waals surface area contributed by atoms with Crippen molar-refractivity contribution in [2.75, 3.05) is 13.2 Å². The number of rotatable bonds is 4. The van der Waals surface area contributed by atoms with Gasteiger partial charge in [0, 0.05) is 30.5 Å². The third-order valence-electron chi connectivity index (χ3n) is 6.21. The van der Waals surface area contributed by atoms with Crippen LogP contribution in [0.3, 0.4) is 0 Å². The fraction of sp³-hybridized carbons (Fsp3) is 1.00. The Hall–Kier alpha value is -0.0800. The minimum absolute atomic E-state index is 0.342.